The lowest BCUT2D eigenvalue weighted by molar-refractivity contribution is 0.469. The van der Waals surface area contributed by atoms with Crippen LogP contribution in [0.15, 0.2) is 30.3 Å². The third-order valence-corrected chi connectivity index (χ3v) is 9.55. The zero-order valence-corrected chi connectivity index (χ0v) is 13.1. The van der Waals surface area contributed by atoms with Gasteiger partial charge in [-0.2, -0.15) is 0 Å². The largest absolute Gasteiger partial charge is 0.313 e. The number of benzene rings is 1. The molecule has 1 aromatic carbocycles. The minimum atomic E-state index is -1.76. The first-order valence-corrected chi connectivity index (χ1v) is 8.35. The van der Waals surface area contributed by atoms with E-state index >= 15 is 0 Å². The second-order valence-electron chi connectivity index (χ2n) is 5.19. The second kappa shape index (κ2) is 5.80. The van der Waals surface area contributed by atoms with Crippen molar-refractivity contribution in [1.29, 1.82) is 0 Å². The Morgan fingerprint density at radius 1 is 1.00 bits per heavy atom. The summed E-state index contributed by atoms with van der Waals surface area (Å²) in [5, 5.41) is 1.50. The van der Waals surface area contributed by atoms with E-state index < -0.39 is 8.40 Å². The van der Waals surface area contributed by atoms with Gasteiger partial charge in [-0.05, 0) is 38.9 Å². The fraction of sp³-hybridized carbons (Fsp3) is 0.571. The van der Waals surface area contributed by atoms with Crippen molar-refractivity contribution >= 4 is 13.6 Å². The molecule has 0 aromatic heterocycles. The van der Waals surface area contributed by atoms with Gasteiger partial charge in [0.25, 0.3) is 0 Å². The van der Waals surface area contributed by atoms with Crippen molar-refractivity contribution in [3.63, 3.8) is 0 Å². The summed E-state index contributed by atoms with van der Waals surface area (Å²) < 4.78 is 4.94. The monoisotopic (exact) mass is 250 g/mol. The van der Waals surface area contributed by atoms with E-state index in [4.69, 9.17) is 0 Å². The van der Waals surface area contributed by atoms with Crippen molar-refractivity contribution in [2.24, 2.45) is 0 Å². The molecule has 0 aliphatic heterocycles. The molecule has 0 heterocycles. The van der Waals surface area contributed by atoms with E-state index in [0.29, 0.717) is 5.54 Å². The van der Waals surface area contributed by atoms with Crippen LogP contribution in [0.2, 0.25) is 5.54 Å². The summed E-state index contributed by atoms with van der Waals surface area (Å²) in [6.07, 6.45) is 1.22. The zero-order valence-electron chi connectivity index (χ0n) is 12.1. The van der Waals surface area contributed by atoms with Gasteiger partial charge in [-0.3, -0.25) is 0 Å². The fourth-order valence-corrected chi connectivity index (χ4v) is 8.47. The van der Waals surface area contributed by atoms with E-state index in [1.807, 2.05) is 0 Å². The maximum absolute atomic E-state index is 2.47. The van der Waals surface area contributed by atoms with Gasteiger partial charge >= 0.3 is 0 Å². The molecule has 1 unspecified atom stereocenters. The predicted octanol–water partition coefficient (Wildman–Crippen LogP) is 2.26. The lowest BCUT2D eigenvalue weighted by atomic mass is 10.4. The summed E-state index contributed by atoms with van der Waals surface area (Å²) in [7, 11) is 7.15. The zero-order chi connectivity index (χ0) is 13.1. The maximum Gasteiger partial charge on any atom is 0.241 e. The Morgan fingerprint density at radius 2 is 1.47 bits per heavy atom. The maximum atomic E-state index is 2.47. The van der Waals surface area contributed by atoms with Gasteiger partial charge in [0.2, 0.25) is 8.40 Å². The molecule has 1 atom stereocenters. The normalized spacial score (nSPS) is 14.4. The summed E-state index contributed by atoms with van der Waals surface area (Å²) in [5.41, 5.74) is 0.704. The molecule has 0 spiro atoms. The number of hydrogen-bond acceptors (Lipinski definition) is 2. The Kier molecular flexibility index (Phi) is 4.92. The van der Waals surface area contributed by atoms with Crippen LogP contribution in [0.4, 0.5) is 0 Å². The molecule has 0 fully saturated rings. The topological polar surface area (TPSA) is 6.48 Å². The minimum Gasteiger partial charge on any atom is -0.313 e. The van der Waals surface area contributed by atoms with Crippen molar-refractivity contribution in [3.05, 3.63) is 30.3 Å². The molecular weight excluding hydrogens is 224 g/mol. The van der Waals surface area contributed by atoms with Crippen molar-refractivity contribution in [2.75, 3.05) is 28.2 Å². The van der Waals surface area contributed by atoms with E-state index in [0.717, 1.165) is 0 Å². The van der Waals surface area contributed by atoms with E-state index in [1.54, 1.807) is 0 Å². The Morgan fingerprint density at radius 3 is 1.82 bits per heavy atom. The molecule has 0 aliphatic carbocycles. The van der Waals surface area contributed by atoms with Gasteiger partial charge in [-0.15, -0.1) is 0 Å². The van der Waals surface area contributed by atoms with Gasteiger partial charge in [-0.1, -0.05) is 50.6 Å². The third-order valence-electron chi connectivity index (χ3n) is 3.86. The van der Waals surface area contributed by atoms with Crippen LogP contribution >= 0.6 is 0 Å². The van der Waals surface area contributed by atoms with Gasteiger partial charge in [0.1, 0.15) is 0 Å². The average Bonchev–Trinajstić information content (AvgIpc) is 2.30. The van der Waals surface area contributed by atoms with E-state index in [9.17, 15) is 0 Å². The lowest BCUT2D eigenvalue weighted by Crippen LogP contribution is -2.71. The molecule has 3 heteroatoms. The van der Waals surface area contributed by atoms with Crippen LogP contribution in [-0.4, -0.2) is 45.7 Å². The van der Waals surface area contributed by atoms with E-state index in [2.05, 4.69) is 81.5 Å². The van der Waals surface area contributed by atoms with Crippen LogP contribution in [0.3, 0.4) is 0 Å². The first-order chi connectivity index (χ1) is 7.97. The summed E-state index contributed by atoms with van der Waals surface area (Å²) in [4.78, 5) is 0. The molecule has 2 nitrogen and oxygen atoms in total. The lowest BCUT2D eigenvalue weighted by Gasteiger charge is -2.47. The Bertz CT molecular complexity index is 327. The molecule has 0 saturated carbocycles. The first-order valence-electron chi connectivity index (χ1n) is 6.38. The fourth-order valence-electron chi connectivity index (χ4n) is 3.05. The smallest absolute Gasteiger partial charge is 0.241 e. The van der Waals surface area contributed by atoms with Crippen molar-refractivity contribution in [3.8, 4) is 0 Å². The van der Waals surface area contributed by atoms with Crippen LogP contribution in [0, 0.1) is 0 Å². The number of hydrogen-bond donors (Lipinski definition) is 0. The molecule has 0 radical (unpaired) electrons. The summed E-state index contributed by atoms with van der Waals surface area (Å²) in [6, 6.07) is 11.0. The quantitative estimate of drug-likeness (QED) is 0.740. The number of nitrogens with zero attached hydrogens (tertiary/aromatic N) is 2. The SMILES string of the molecule is CCC(C)[Si](c1ccccc1)(N(C)C)N(C)C. The van der Waals surface area contributed by atoms with E-state index in [-0.39, 0.29) is 0 Å². The molecule has 96 valence electrons. The van der Waals surface area contributed by atoms with Crippen LogP contribution in [0.5, 0.6) is 0 Å². The molecular formula is C14H26N2Si. The average molecular weight is 250 g/mol. The highest BCUT2D eigenvalue weighted by atomic mass is 28.3. The van der Waals surface area contributed by atoms with E-state index in [1.165, 1.54) is 11.6 Å². The van der Waals surface area contributed by atoms with Crippen molar-refractivity contribution in [2.45, 2.75) is 25.8 Å². The molecule has 17 heavy (non-hydrogen) atoms. The highest BCUT2D eigenvalue weighted by Gasteiger charge is 2.45. The molecule has 0 aliphatic rings. The molecule has 1 aromatic rings. The second-order valence-corrected chi connectivity index (χ2v) is 9.99. The van der Waals surface area contributed by atoms with Crippen molar-refractivity contribution in [1.82, 2.24) is 9.13 Å². The molecule has 0 N–H and O–H groups in total. The highest BCUT2D eigenvalue weighted by molar-refractivity contribution is 6.88. The molecule has 0 saturated heterocycles. The molecule has 1 rings (SSSR count). The van der Waals surface area contributed by atoms with Crippen LogP contribution in [0.1, 0.15) is 20.3 Å². The highest BCUT2D eigenvalue weighted by Crippen LogP contribution is 2.28. The summed E-state index contributed by atoms with van der Waals surface area (Å²) >= 11 is 0. The van der Waals surface area contributed by atoms with Gasteiger partial charge in [0.15, 0.2) is 0 Å². The summed E-state index contributed by atoms with van der Waals surface area (Å²) in [5.74, 6) is 0. The minimum absolute atomic E-state index is 0.704. The Labute approximate surface area is 107 Å². The van der Waals surface area contributed by atoms with Gasteiger partial charge in [0.05, 0.1) is 0 Å². The van der Waals surface area contributed by atoms with Crippen molar-refractivity contribution < 1.29 is 0 Å². The van der Waals surface area contributed by atoms with Crippen LogP contribution < -0.4 is 5.19 Å². The molecule has 0 amide bonds. The Balaban J connectivity index is 3.35. The Hall–Kier alpha value is -0.643. The number of rotatable bonds is 5. The van der Waals surface area contributed by atoms with Gasteiger partial charge < -0.3 is 9.13 Å². The van der Waals surface area contributed by atoms with Crippen LogP contribution in [-0.2, 0) is 0 Å². The molecule has 0 bridgehead atoms. The standard InChI is InChI=1S/C14H26N2Si/c1-7-13(2)17(15(3)4,16(5)6)14-11-9-8-10-12-14/h8-13H,7H2,1-6H3. The van der Waals surface area contributed by atoms with Gasteiger partial charge in [0, 0.05) is 0 Å². The van der Waals surface area contributed by atoms with Gasteiger partial charge in [-0.25, -0.2) is 0 Å². The summed E-state index contributed by atoms with van der Waals surface area (Å²) in [6.45, 7) is 4.68. The first kappa shape index (κ1) is 14.4. The van der Waals surface area contributed by atoms with Crippen LogP contribution in [0.25, 0.3) is 0 Å². The third kappa shape index (κ3) is 2.46. The predicted molar refractivity (Wildman–Crippen MR) is 78.9 cm³/mol.